The fourth-order valence-electron chi connectivity index (χ4n) is 2.10. The van der Waals surface area contributed by atoms with Crippen LogP contribution in [0.3, 0.4) is 0 Å². The number of hydrogen-bond donors (Lipinski definition) is 1. The van der Waals surface area contributed by atoms with Gasteiger partial charge in [-0.3, -0.25) is 10.1 Å². The number of hydrogen-bond acceptors (Lipinski definition) is 7. The molecule has 1 aromatic heterocycles. The van der Waals surface area contributed by atoms with Crippen LogP contribution in [0.25, 0.3) is 0 Å². The van der Waals surface area contributed by atoms with E-state index in [0.717, 1.165) is 29.4 Å². The first-order valence-electron chi connectivity index (χ1n) is 6.89. The normalized spacial score (nSPS) is 17.7. The molecule has 1 aliphatic rings. The third kappa shape index (κ3) is 4.71. The average molecular weight is 315 g/mol. The first kappa shape index (κ1) is 15.7. The van der Waals surface area contributed by atoms with E-state index < -0.39 is 5.54 Å². The number of nitrogens with one attached hydrogen (secondary N) is 1. The zero-order chi connectivity index (χ0) is 14.4. The third-order valence-corrected chi connectivity index (χ3v) is 5.26. The Hall–Kier alpha value is -0.660. The fourth-order valence-corrected chi connectivity index (χ4v) is 3.62. The summed E-state index contributed by atoms with van der Waals surface area (Å²) in [5.74, 6) is 0.858. The monoisotopic (exact) mass is 315 g/mol. The van der Waals surface area contributed by atoms with Crippen molar-refractivity contribution in [2.75, 3.05) is 12.9 Å². The van der Waals surface area contributed by atoms with Crippen molar-refractivity contribution in [2.24, 2.45) is 0 Å². The van der Waals surface area contributed by atoms with E-state index in [1.807, 2.05) is 6.92 Å². The Morgan fingerprint density at radius 2 is 2.40 bits per heavy atom. The topological polar surface area (TPSA) is 64.1 Å². The Labute approximate surface area is 128 Å². The van der Waals surface area contributed by atoms with Crippen LogP contribution in [0, 0.1) is 0 Å². The molecule has 0 aliphatic heterocycles. The number of esters is 1. The second kappa shape index (κ2) is 7.38. The van der Waals surface area contributed by atoms with Gasteiger partial charge in [-0.25, -0.2) is 4.98 Å². The van der Waals surface area contributed by atoms with Crippen molar-refractivity contribution < 1.29 is 9.53 Å². The second-order valence-corrected chi connectivity index (χ2v) is 7.38. The Balaban J connectivity index is 1.69. The van der Waals surface area contributed by atoms with Crippen LogP contribution in [0.15, 0.2) is 10.7 Å². The standard InChI is InChI=1S/C13H21N3O2S2/c1-13(11(17)18-2,16-10-5-6-10)7-3-4-8-19-12-14-9-15-20-12/h9-10,16H,3-8H2,1-2H3. The van der Waals surface area contributed by atoms with Gasteiger partial charge in [-0.05, 0) is 44.1 Å². The molecule has 2 rings (SSSR count). The predicted octanol–water partition coefficient (Wildman–Crippen LogP) is 2.48. The van der Waals surface area contributed by atoms with Gasteiger partial charge >= 0.3 is 5.97 Å². The van der Waals surface area contributed by atoms with Gasteiger partial charge in [-0.1, -0.05) is 18.2 Å². The van der Waals surface area contributed by atoms with Gasteiger partial charge in [-0.2, -0.15) is 4.37 Å². The van der Waals surface area contributed by atoms with Crippen LogP contribution in [0.2, 0.25) is 0 Å². The van der Waals surface area contributed by atoms with E-state index in [9.17, 15) is 4.79 Å². The average Bonchev–Trinajstić information content (AvgIpc) is 3.09. The van der Waals surface area contributed by atoms with Crippen LogP contribution in [-0.4, -0.2) is 39.8 Å². The first-order chi connectivity index (χ1) is 9.64. The minimum Gasteiger partial charge on any atom is -0.468 e. The van der Waals surface area contributed by atoms with Crippen molar-refractivity contribution in [1.29, 1.82) is 0 Å². The van der Waals surface area contributed by atoms with Crippen molar-refractivity contribution in [2.45, 2.75) is 54.9 Å². The number of unbranched alkanes of at least 4 members (excludes halogenated alkanes) is 1. The summed E-state index contributed by atoms with van der Waals surface area (Å²) in [6, 6.07) is 0.495. The number of thioether (sulfide) groups is 1. The maximum atomic E-state index is 11.9. The Bertz CT molecular complexity index is 423. The molecule has 1 saturated carbocycles. The van der Waals surface area contributed by atoms with E-state index >= 15 is 0 Å². The summed E-state index contributed by atoms with van der Waals surface area (Å²) < 4.78 is 9.92. The van der Waals surface area contributed by atoms with Crippen LogP contribution in [-0.2, 0) is 9.53 Å². The summed E-state index contributed by atoms with van der Waals surface area (Å²) in [5, 5.41) is 3.42. The molecule has 0 aromatic carbocycles. The molecule has 1 aliphatic carbocycles. The number of carbonyl (C=O) groups excluding carboxylic acids is 1. The zero-order valence-corrected chi connectivity index (χ0v) is 13.6. The molecule has 7 heteroatoms. The van der Waals surface area contributed by atoms with Gasteiger partial charge in [0, 0.05) is 11.8 Å². The van der Waals surface area contributed by atoms with Crippen LogP contribution in [0.1, 0.15) is 39.0 Å². The number of ether oxygens (including phenoxy) is 1. The smallest absolute Gasteiger partial charge is 0.325 e. The molecule has 1 fully saturated rings. The highest BCUT2D eigenvalue weighted by Gasteiger charge is 2.38. The molecule has 112 valence electrons. The van der Waals surface area contributed by atoms with Gasteiger partial charge < -0.3 is 4.74 Å². The lowest BCUT2D eigenvalue weighted by Gasteiger charge is -2.28. The molecule has 0 amide bonds. The summed E-state index contributed by atoms with van der Waals surface area (Å²) in [4.78, 5) is 16.1. The number of aromatic nitrogens is 2. The van der Waals surface area contributed by atoms with Crippen LogP contribution in [0.4, 0.5) is 0 Å². The minimum atomic E-state index is -0.538. The lowest BCUT2D eigenvalue weighted by molar-refractivity contribution is -0.148. The van der Waals surface area contributed by atoms with Crippen LogP contribution in [0.5, 0.6) is 0 Å². The highest BCUT2D eigenvalue weighted by Crippen LogP contribution is 2.27. The molecule has 0 radical (unpaired) electrons. The molecule has 0 saturated heterocycles. The van der Waals surface area contributed by atoms with Gasteiger partial charge in [0.2, 0.25) is 0 Å². The summed E-state index contributed by atoms with van der Waals surface area (Å²) in [7, 11) is 1.46. The molecule has 1 unspecified atom stereocenters. The van der Waals surface area contributed by atoms with Crippen molar-refractivity contribution in [3.63, 3.8) is 0 Å². The summed E-state index contributed by atoms with van der Waals surface area (Å²) in [5.41, 5.74) is -0.538. The van der Waals surface area contributed by atoms with Crippen molar-refractivity contribution in [1.82, 2.24) is 14.7 Å². The van der Waals surface area contributed by atoms with Crippen molar-refractivity contribution in [3.8, 4) is 0 Å². The number of nitrogens with zero attached hydrogens (tertiary/aromatic N) is 2. The lowest BCUT2D eigenvalue weighted by atomic mass is 9.95. The van der Waals surface area contributed by atoms with Crippen LogP contribution < -0.4 is 5.32 Å². The first-order valence-corrected chi connectivity index (χ1v) is 8.65. The van der Waals surface area contributed by atoms with Gasteiger partial charge in [-0.15, -0.1) is 0 Å². The molecular formula is C13H21N3O2S2. The fraction of sp³-hybridized carbons (Fsp3) is 0.769. The predicted molar refractivity (Wildman–Crippen MR) is 81.1 cm³/mol. The van der Waals surface area contributed by atoms with E-state index in [0.29, 0.717) is 6.04 Å². The minimum absolute atomic E-state index is 0.152. The van der Waals surface area contributed by atoms with E-state index in [1.165, 1.54) is 31.5 Å². The zero-order valence-electron chi connectivity index (χ0n) is 11.9. The van der Waals surface area contributed by atoms with Crippen LogP contribution >= 0.6 is 23.3 Å². The SMILES string of the molecule is COC(=O)C(C)(CCCCSc1ncns1)NC1CC1. The van der Waals surface area contributed by atoms with E-state index in [1.54, 1.807) is 18.1 Å². The molecule has 1 atom stereocenters. The molecular weight excluding hydrogens is 294 g/mol. The Kier molecular flexibility index (Phi) is 5.80. The molecule has 20 heavy (non-hydrogen) atoms. The Morgan fingerprint density at radius 1 is 1.60 bits per heavy atom. The second-order valence-electron chi connectivity index (χ2n) is 5.26. The molecule has 1 heterocycles. The third-order valence-electron chi connectivity index (χ3n) is 3.37. The van der Waals surface area contributed by atoms with Gasteiger partial charge in [0.15, 0.2) is 4.34 Å². The molecule has 0 spiro atoms. The molecule has 0 bridgehead atoms. The van der Waals surface area contributed by atoms with Crippen molar-refractivity contribution in [3.05, 3.63) is 6.33 Å². The Morgan fingerprint density at radius 3 is 3.00 bits per heavy atom. The summed E-state index contributed by atoms with van der Waals surface area (Å²) in [6.07, 6.45) is 6.78. The number of rotatable bonds is 9. The number of methoxy groups -OCH3 is 1. The van der Waals surface area contributed by atoms with Gasteiger partial charge in [0.1, 0.15) is 11.9 Å². The highest BCUT2D eigenvalue weighted by atomic mass is 32.2. The molecule has 5 nitrogen and oxygen atoms in total. The quantitative estimate of drug-likeness (QED) is 0.429. The number of carbonyl (C=O) groups is 1. The lowest BCUT2D eigenvalue weighted by Crippen LogP contribution is -2.51. The van der Waals surface area contributed by atoms with E-state index in [4.69, 9.17) is 4.74 Å². The highest BCUT2D eigenvalue weighted by molar-refractivity contribution is 8.00. The molecule has 1 aromatic rings. The maximum Gasteiger partial charge on any atom is 0.325 e. The van der Waals surface area contributed by atoms with Gasteiger partial charge in [0.05, 0.1) is 7.11 Å². The van der Waals surface area contributed by atoms with E-state index in [-0.39, 0.29) is 5.97 Å². The summed E-state index contributed by atoms with van der Waals surface area (Å²) >= 11 is 3.15. The summed E-state index contributed by atoms with van der Waals surface area (Å²) in [6.45, 7) is 1.95. The van der Waals surface area contributed by atoms with Crippen molar-refractivity contribution >= 4 is 29.3 Å². The van der Waals surface area contributed by atoms with E-state index in [2.05, 4.69) is 14.7 Å². The largest absolute Gasteiger partial charge is 0.468 e. The molecule has 1 N–H and O–H groups in total. The maximum absolute atomic E-state index is 11.9. The van der Waals surface area contributed by atoms with Gasteiger partial charge in [0.25, 0.3) is 0 Å².